The molecule has 2 aromatic rings. The van der Waals surface area contributed by atoms with E-state index < -0.39 is 6.10 Å². The molecule has 1 N–H and O–H groups in total. The number of aliphatic hydroxyl groups is 1. The molecule has 0 radical (unpaired) electrons. The van der Waals surface area contributed by atoms with E-state index in [-0.39, 0.29) is 0 Å². The second-order valence-electron chi connectivity index (χ2n) is 4.05. The smallest absolute Gasteiger partial charge is 0.119 e. The summed E-state index contributed by atoms with van der Waals surface area (Å²) in [7, 11) is 0. The molecule has 0 saturated heterocycles. The van der Waals surface area contributed by atoms with E-state index in [1.807, 2.05) is 25.1 Å². The van der Waals surface area contributed by atoms with Crippen molar-refractivity contribution >= 4 is 23.2 Å². The van der Waals surface area contributed by atoms with Gasteiger partial charge in [-0.1, -0.05) is 47.5 Å². The largest absolute Gasteiger partial charge is 0.494 e. The van der Waals surface area contributed by atoms with Gasteiger partial charge in [-0.2, -0.15) is 0 Å². The van der Waals surface area contributed by atoms with Crippen LogP contribution in [0.2, 0.25) is 10.0 Å². The summed E-state index contributed by atoms with van der Waals surface area (Å²) in [6, 6.07) is 12.5. The Morgan fingerprint density at radius 3 is 2.63 bits per heavy atom. The van der Waals surface area contributed by atoms with Gasteiger partial charge in [0.1, 0.15) is 11.9 Å². The number of hydrogen-bond donors (Lipinski definition) is 1. The van der Waals surface area contributed by atoms with Crippen molar-refractivity contribution in [2.45, 2.75) is 13.0 Å². The van der Waals surface area contributed by atoms with E-state index >= 15 is 0 Å². The number of benzene rings is 2. The van der Waals surface area contributed by atoms with Gasteiger partial charge in [0.05, 0.1) is 16.7 Å². The molecular formula is C15H14Cl2O2. The molecule has 19 heavy (non-hydrogen) atoms. The van der Waals surface area contributed by atoms with Crippen LogP contribution in [0.3, 0.4) is 0 Å². The Morgan fingerprint density at radius 2 is 1.89 bits per heavy atom. The van der Waals surface area contributed by atoms with Crippen LogP contribution in [0.5, 0.6) is 5.75 Å². The third-order valence-corrected chi connectivity index (χ3v) is 3.59. The number of hydrogen-bond acceptors (Lipinski definition) is 2. The molecule has 2 aromatic carbocycles. The maximum absolute atomic E-state index is 10.4. The lowest BCUT2D eigenvalue weighted by molar-refractivity contribution is 0.219. The van der Waals surface area contributed by atoms with Crippen LogP contribution in [0.4, 0.5) is 0 Å². The summed E-state index contributed by atoms with van der Waals surface area (Å²) >= 11 is 12.1. The first-order valence-electron chi connectivity index (χ1n) is 5.98. The molecule has 0 saturated carbocycles. The highest BCUT2D eigenvalue weighted by Crippen LogP contribution is 2.33. The van der Waals surface area contributed by atoms with Gasteiger partial charge < -0.3 is 9.84 Å². The number of ether oxygens (including phenoxy) is 1. The average molecular weight is 297 g/mol. The second kappa shape index (κ2) is 6.29. The van der Waals surface area contributed by atoms with Gasteiger partial charge in [-0.3, -0.25) is 0 Å². The molecule has 0 aliphatic rings. The number of halogens is 2. The molecule has 0 spiro atoms. The van der Waals surface area contributed by atoms with Crippen molar-refractivity contribution in [3.8, 4) is 5.75 Å². The highest BCUT2D eigenvalue weighted by Gasteiger charge is 2.16. The standard InChI is InChI=1S/C15H14Cl2O2/c1-2-19-11-6-3-5-10(9-11)15(18)12-7-4-8-13(16)14(12)17/h3-9,15,18H,2H2,1H3. The van der Waals surface area contributed by atoms with E-state index in [9.17, 15) is 5.11 Å². The molecule has 0 aliphatic carbocycles. The molecule has 1 atom stereocenters. The molecule has 2 nitrogen and oxygen atoms in total. The first kappa shape index (κ1) is 14.2. The molecule has 1 unspecified atom stereocenters. The zero-order chi connectivity index (χ0) is 13.8. The minimum Gasteiger partial charge on any atom is -0.494 e. The molecule has 4 heteroatoms. The van der Waals surface area contributed by atoms with Gasteiger partial charge in [0.15, 0.2) is 0 Å². The number of aliphatic hydroxyl groups excluding tert-OH is 1. The van der Waals surface area contributed by atoms with E-state index in [4.69, 9.17) is 27.9 Å². The lowest BCUT2D eigenvalue weighted by Gasteiger charge is -2.15. The first-order valence-corrected chi connectivity index (χ1v) is 6.73. The van der Waals surface area contributed by atoms with Crippen LogP contribution in [0.15, 0.2) is 42.5 Å². The van der Waals surface area contributed by atoms with Crippen molar-refractivity contribution in [1.82, 2.24) is 0 Å². The van der Waals surface area contributed by atoms with Crippen LogP contribution in [-0.2, 0) is 0 Å². The summed E-state index contributed by atoms with van der Waals surface area (Å²) in [6.07, 6.45) is -0.827. The van der Waals surface area contributed by atoms with Crippen LogP contribution in [-0.4, -0.2) is 11.7 Å². The Hall–Kier alpha value is -1.22. The van der Waals surface area contributed by atoms with Crippen molar-refractivity contribution < 1.29 is 9.84 Å². The van der Waals surface area contributed by atoms with Crippen LogP contribution >= 0.6 is 23.2 Å². The van der Waals surface area contributed by atoms with Crippen molar-refractivity contribution in [3.63, 3.8) is 0 Å². The molecule has 0 heterocycles. The van der Waals surface area contributed by atoms with Crippen molar-refractivity contribution in [1.29, 1.82) is 0 Å². The molecule has 0 aliphatic heterocycles. The average Bonchev–Trinajstić information content (AvgIpc) is 2.42. The van der Waals surface area contributed by atoms with Crippen LogP contribution < -0.4 is 4.74 Å². The normalized spacial score (nSPS) is 12.2. The van der Waals surface area contributed by atoms with E-state index in [1.54, 1.807) is 24.3 Å². The highest BCUT2D eigenvalue weighted by molar-refractivity contribution is 6.42. The van der Waals surface area contributed by atoms with Gasteiger partial charge in [-0.05, 0) is 30.7 Å². The van der Waals surface area contributed by atoms with Gasteiger partial charge in [-0.15, -0.1) is 0 Å². The SMILES string of the molecule is CCOc1cccc(C(O)c2cccc(Cl)c2Cl)c1. The number of rotatable bonds is 4. The van der Waals surface area contributed by atoms with Crippen LogP contribution in [0, 0.1) is 0 Å². The molecule has 0 fully saturated rings. The van der Waals surface area contributed by atoms with E-state index in [2.05, 4.69) is 0 Å². The van der Waals surface area contributed by atoms with Crippen LogP contribution in [0.25, 0.3) is 0 Å². The van der Waals surface area contributed by atoms with Crippen molar-refractivity contribution in [2.24, 2.45) is 0 Å². The van der Waals surface area contributed by atoms with Gasteiger partial charge >= 0.3 is 0 Å². The molecule has 0 aromatic heterocycles. The second-order valence-corrected chi connectivity index (χ2v) is 4.84. The Bertz CT molecular complexity index is 570. The fraction of sp³-hybridized carbons (Fsp3) is 0.200. The quantitative estimate of drug-likeness (QED) is 0.902. The Kier molecular flexibility index (Phi) is 4.70. The molecule has 0 bridgehead atoms. The summed E-state index contributed by atoms with van der Waals surface area (Å²) in [5, 5.41) is 11.2. The van der Waals surface area contributed by atoms with Crippen molar-refractivity contribution in [2.75, 3.05) is 6.61 Å². The summed E-state index contributed by atoms with van der Waals surface area (Å²) < 4.78 is 5.42. The maximum Gasteiger partial charge on any atom is 0.119 e. The zero-order valence-corrected chi connectivity index (χ0v) is 11.9. The summed E-state index contributed by atoms with van der Waals surface area (Å²) in [6.45, 7) is 2.49. The van der Waals surface area contributed by atoms with Crippen LogP contribution in [0.1, 0.15) is 24.2 Å². The molecular weight excluding hydrogens is 283 g/mol. The minimum absolute atomic E-state index is 0.374. The molecule has 0 amide bonds. The summed E-state index contributed by atoms with van der Waals surface area (Å²) in [4.78, 5) is 0. The molecule has 2 rings (SSSR count). The first-order chi connectivity index (χ1) is 9.13. The van der Waals surface area contributed by atoms with Gasteiger partial charge in [0.25, 0.3) is 0 Å². The maximum atomic E-state index is 10.4. The minimum atomic E-state index is -0.827. The van der Waals surface area contributed by atoms with E-state index in [1.165, 1.54) is 0 Å². The van der Waals surface area contributed by atoms with E-state index in [0.29, 0.717) is 22.2 Å². The fourth-order valence-electron chi connectivity index (χ4n) is 1.85. The molecule has 100 valence electrons. The summed E-state index contributed by atoms with van der Waals surface area (Å²) in [5.74, 6) is 0.720. The Morgan fingerprint density at radius 1 is 1.16 bits per heavy atom. The predicted octanol–water partition coefficient (Wildman–Crippen LogP) is 4.47. The third-order valence-electron chi connectivity index (χ3n) is 2.76. The highest BCUT2D eigenvalue weighted by atomic mass is 35.5. The topological polar surface area (TPSA) is 29.5 Å². The van der Waals surface area contributed by atoms with Gasteiger partial charge in [0.2, 0.25) is 0 Å². The van der Waals surface area contributed by atoms with Gasteiger partial charge in [-0.25, -0.2) is 0 Å². The monoisotopic (exact) mass is 296 g/mol. The lowest BCUT2D eigenvalue weighted by Crippen LogP contribution is -2.01. The van der Waals surface area contributed by atoms with Crippen molar-refractivity contribution in [3.05, 3.63) is 63.6 Å². The fourth-order valence-corrected chi connectivity index (χ4v) is 2.26. The zero-order valence-electron chi connectivity index (χ0n) is 10.4. The third kappa shape index (κ3) is 3.21. The lowest BCUT2D eigenvalue weighted by atomic mass is 10.0. The Labute approximate surface area is 122 Å². The van der Waals surface area contributed by atoms with E-state index in [0.717, 1.165) is 11.3 Å². The predicted molar refractivity (Wildman–Crippen MR) is 78.1 cm³/mol. The van der Waals surface area contributed by atoms with Gasteiger partial charge in [0, 0.05) is 5.56 Å². The Balaban J connectivity index is 2.35. The summed E-state index contributed by atoms with van der Waals surface area (Å²) in [5.41, 5.74) is 1.30.